The third kappa shape index (κ3) is 4.46. The van der Waals surface area contributed by atoms with Gasteiger partial charge in [-0.2, -0.15) is 0 Å². The average Bonchev–Trinajstić information content (AvgIpc) is 2.66. The van der Waals surface area contributed by atoms with Crippen molar-refractivity contribution >= 4 is 11.6 Å². The second-order valence-corrected chi connectivity index (χ2v) is 15.1. The Morgan fingerprint density at radius 1 is 0.750 bits per heavy atom. The molecule has 4 heteroatoms. The summed E-state index contributed by atoms with van der Waals surface area (Å²) in [6, 6.07) is 4.13. The summed E-state index contributed by atoms with van der Waals surface area (Å²) in [5, 5.41) is 11.4. The van der Waals surface area contributed by atoms with Gasteiger partial charge in [0.1, 0.15) is 5.75 Å². The van der Waals surface area contributed by atoms with Crippen LogP contribution in [0.1, 0.15) is 118 Å². The summed E-state index contributed by atoms with van der Waals surface area (Å²) in [5.41, 5.74) is 5.54. The van der Waals surface area contributed by atoms with E-state index in [-0.39, 0.29) is 39.1 Å². The van der Waals surface area contributed by atoms with Crippen LogP contribution in [-0.4, -0.2) is 28.6 Å². The minimum absolute atomic E-state index is 0.122. The number of hydrogen-bond donors (Lipinski definition) is 1. The van der Waals surface area contributed by atoms with Gasteiger partial charge in [-0.05, 0) is 51.2 Å². The zero-order chi connectivity index (χ0) is 27.2. The third-order valence-electron chi connectivity index (χ3n) is 8.26. The van der Waals surface area contributed by atoms with E-state index in [0.717, 1.165) is 52.1 Å². The number of carbonyl (C=O) groups excluding carboxylic acids is 2. The topological polar surface area (TPSA) is 57.6 Å². The fourth-order valence-electron chi connectivity index (χ4n) is 6.46. The minimum Gasteiger partial charge on any atom is -0.507 e. The van der Waals surface area contributed by atoms with Gasteiger partial charge in [0, 0.05) is 48.3 Å². The normalized spacial score (nSPS) is 22.7. The Morgan fingerprint density at radius 2 is 1.11 bits per heavy atom. The molecule has 1 heterocycles. The molecular formula is C32H45NO3. The van der Waals surface area contributed by atoms with Gasteiger partial charge in [0.15, 0.2) is 11.6 Å². The zero-order valence-electron chi connectivity index (χ0n) is 24.3. The van der Waals surface area contributed by atoms with Gasteiger partial charge < -0.3 is 10.0 Å². The van der Waals surface area contributed by atoms with E-state index < -0.39 is 0 Å². The van der Waals surface area contributed by atoms with E-state index in [2.05, 4.69) is 86.3 Å². The second kappa shape index (κ2) is 8.07. The summed E-state index contributed by atoms with van der Waals surface area (Å²) in [7, 11) is 2.04. The zero-order valence-corrected chi connectivity index (χ0v) is 24.3. The Hall–Kier alpha value is -2.36. The van der Waals surface area contributed by atoms with E-state index in [1.165, 1.54) is 0 Å². The van der Waals surface area contributed by atoms with Crippen LogP contribution in [-0.2, 0) is 20.4 Å². The maximum absolute atomic E-state index is 13.8. The lowest BCUT2D eigenvalue weighted by molar-refractivity contribution is -0.119. The van der Waals surface area contributed by atoms with Crippen molar-refractivity contribution in [2.45, 2.75) is 112 Å². The molecule has 4 rings (SSSR count). The smallest absolute Gasteiger partial charge is 0.162 e. The van der Waals surface area contributed by atoms with E-state index in [1.807, 2.05) is 7.05 Å². The number of allylic oxidation sites excluding steroid dienone is 4. The number of benzene rings is 1. The molecule has 196 valence electrons. The van der Waals surface area contributed by atoms with Gasteiger partial charge in [-0.15, -0.1) is 0 Å². The van der Waals surface area contributed by atoms with Crippen LogP contribution in [0.15, 0.2) is 34.7 Å². The molecule has 0 atom stereocenters. The largest absolute Gasteiger partial charge is 0.507 e. The fraction of sp³-hybridized carbons (Fsp3) is 0.625. The van der Waals surface area contributed by atoms with Crippen molar-refractivity contribution in [2.75, 3.05) is 7.05 Å². The van der Waals surface area contributed by atoms with Crippen LogP contribution in [0, 0.1) is 10.8 Å². The number of carbonyl (C=O) groups is 2. The second-order valence-electron chi connectivity index (χ2n) is 15.1. The molecule has 2 aliphatic carbocycles. The van der Waals surface area contributed by atoms with Gasteiger partial charge in [-0.3, -0.25) is 9.59 Å². The molecule has 0 saturated heterocycles. The van der Waals surface area contributed by atoms with Crippen molar-refractivity contribution in [3.63, 3.8) is 0 Å². The first-order valence-corrected chi connectivity index (χ1v) is 13.4. The first-order valence-electron chi connectivity index (χ1n) is 13.4. The van der Waals surface area contributed by atoms with Crippen molar-refractivity contribution in [3.8, 4) is 5.75 Å². The van der Waals surface area contributed by atoms with E-state index in [4.69, 9.17) is 0 Å². The molecule has 0 unspecified atom stereocenters. The van der Waals surface area contributed by atoms with E-state index in [9.17, 15) is 14.7 Å². The molecule has 3 aliphatic rings. The van der Waals surface area contributed by atoms with Crippen molar-refractivity contribution in [2.24, 2.45) is 10.8 Å². The Bertz CT molecular complexity index is 1120. The highest BCUT2D eigenvalue weighted by Gasteiger charge is 2.48. The maximum Gasteiger partial charge on any atom is 0.162 e. The lowest BCUT2D eigenvalue weighted by Gasteiger charge is -2.48. The molecule has 36 heavy (non-hydrogen) atoms. The standard InChI is InChI=1S/C32H45NO3/c1-29(2,3)19-12-18(13-20(28(19)36)30(4,5)6)25-26-21(14-31(7,8)16-23(26)34)33(11)22-15-32(9,10)17-24(35)27(22)25/h12-13,25,36H,14-17H2,1-11H3. The van der Waals surface area contributed by atoms with Crippen molar-refractivity contribution in [1.29, 1.82) is 0 Å². The maximum atomic E-state index is 13.8. The average molecular weight is 492 g/mol. The van der Waals surface area contributed by atoms with Crippen molar-refractivity contribution < 1.29 is 14.7 Å². The van der Waals surface area contributed by atoms with Crippen LogP contribution in [0.5, 0.6) is 5.75 Å². The van der Waals surface area contributed by atoms with E-state index in [1.54, 1.807) is 0 Å². The van der Waals surface area contributed by atoms with Crippen LogP contribution >= 0.6 is 0 Å². The molecule has 1 aromatic carbocycles. The quantitative estimate of drug-likeness (QED) is 0.448. The molecule has 0 radical (unpaired) electrons. The first kappa shape index (κ1) is 26.7. The lowest BCUT2D eigenvalue weighted by Crippen LogP contribution is -2.43. The Balaban J connectivity index is 2.08. The fourth-order valence-corrected chi connectivity index (χ4v) is 6.46. The number of nitrogens with zero attached hydrogens (tertiary/aromatic N) is 1. The molecule has 0 spiro atoms. The molecule has 0 fully saturated rings. The molecule has 0 bridgehead atoms. The van der Waals surface area contributed by atoms with Crippen molar-refractivity contribution in [1.82, 2.24) is 4.90 Å². The SMILES string of the molecule is CN1C2=C(C(=O)CC(C)(C)C2)C(c2cc(C(C)(C)C)c(O)c(C(C)(C)C)c2)C2=C1CC(C)(C)CC2=O. The molecule has 1 N–H and O–H groups in total. The Kier molecular flexibility index (Phi) is 5.98. The van der Waals surface area contributed by atoms with Gasteiger partial charge in [0.05, 0.1) is 0 Å². The number of ketones is 2. The van der Waals surface area contributed by atoms with E-state index >= 15 is 0 Å². The summed E-state index contributed by atoms with van der Waals surface area (Å²) in [6.45, 7) is 21.3. The molecule has 0 amide bonds. The monoisotopic (exact) mass is 491 g/mol. The van der Waals surface area contributed by atoms with Crippen LogP contribution in [0.3, 0.4) is 0 Å². The highest BCUT2D eigenvalue weighted by atomic mass is 16.3. The summed E-state index contributed by atoms with van der Waals surface area (Å²) >= 11 is 0. The number of phenolic OH excluding ortho intramolecular Hbond substituents is 1. The van der Waals surface area contributed by atoms with Gasteiger partial charge in [0.25, 0.3) is 0 Å². The van der Waals surface area contributed by atoms with Gasteiger partial charge >= 0.3 is 0 Å². The first-order chi connectivity index (χ1) is 16.2. The van der Waals surface area contributed by atoms with Crippen LogP contribution in [0.4, 0.5) is 0 Å². The molecular weight excluding hydrogens is 446 g/mol. The summed E-state index contributed by atoms with van der Waals surface area (Å²) in [6.07, 6.45) is 2.58. The summed E-state index contributed by atoms with van der Waals surface area (Å²) < 4.78 is 0. The molecule has 1 aromatic rings. The van der Waals surface area contributed by atoms with E-state index in [0.29, 0.717) is 18.6 Å². The van der Waals surface area contributed by atoms with Gasteiger partial charge in [-0.1, -0.05) is 81.4 Å². The number of rotatable bonds is 1. The number of aromatic hydroxyl groups is 1. The molecule has 0 saturated carbocycles. The number of phenols is 1. The van der Waals surface area contributed by atoms with Gasteiger partial charge in [-0.25, -0.2) is 0 Å². The lowest BCUT2D eigenvalue weighted by atomic mass is 9.63. The highest BCUT2D eigenvalue weighted by Crippen LogP contribution is 2.55. The van der Waals surface area contributed by atoms with Gasteiger partial charge in [0.2, 0.25) is 0 Å². The molecule has 1 aliphatic heterocycles. The van der Waals surface area contributed by atoms with Crippen molar-refractivity contribution in [3.05, 3.63) is 51.4 Å². The predicted octanol–water partition coefficient (Wildman–Crippen LogP) is 7.30. The van der Waals surface area contributed by atoms with Crippen LogP contribution in [0.2, 0.25) is 0 Å². The van der Waals surface area contributed by atoms with Crippen LogP contribution < -0.4 is 0 Å². The summed E-state index contributed by atoms with van der Waals surface area (Å²) in [4.78, 5) is 29.9. The highest BCUT2D eigenvalue weighted by molar-refractivity contribution is 6.06. The predicted molar refractivity (Wildman–Crippen MR) is 146 cm³/mol. The minimum atomic E-state index is -0.388. The number of Topliss-reactive ketones (excluding diaryl/α,β-unsaturated/α-hetero) is 2. The Morgan fingerprint density at radius 3 is 1.44 bits per heavy atom. The van der Waals surface area contributed by atoms with Crippen LogP contribution in [0.25, 0.3) is 0 Å². The molecule has 4 nitrogen and oxygen atoms in total. The molecule has 0 aromatic heterocycles. The third-order valence-corrected chi connectivity index (χ3v) is 8.26. The Labute approximate surface area is 217 Å². The summed E-state index contributed by atoms with van der Waals surface area (Å²) in [5.74, 6) is 0.221. The number of hydrogen-bond acceptors (Lipinski definition) is 4.